The van der Waals surface area contributed by atoms with E-state index in [1.807, 2.05) is 36.7 Å². The number of hydrogen-bond acceptors (Lipinski definition) is 2. The summed E-state index contributed by atoms with van der Waals surface area (Å²) in [6, 6.07) is 7.37. The number of ether oxygens (including phenoxy) is 1. The predicted octanol–water partition coefficient (Wildman–Crippen LogP) is 4.10. The number of aromatic nitrogens is 2. The van der Waals surface area contributed by atoms with Crippen LogP contribution in [-0.2, 0) is 13.2 Å². The van der Waals surface area contributed by atoms with Gasteiger partial charge in [-0.25, -0.2) is 0 Å². The smallest absolute Gasteiger partial charge is 0.138 e. The van der Waals surface area contributed by atoms with Crippen LogP contribution in [0.15, 0.2) is 24.3 Å². The van der Waals surface area contributed by atoms with Crippen LogP contribution < -0.4 is 4.74 Å². The quantitative estimate of drug-likeness (QED) is 0.845. The van der Waals surface area contributed by atoms with Crippen LogP contribution in [0.3, 0.4) is 0 Å². The van der Waals surface area contributed by atoms with Gasteiger partial charge < -0.3 is 4.74 Å². The minimum Gasteiger partial charge on any atom is -0.486 e. The summed E-state index contributed by atoms with van der Waals surface area (Å²) in [7, 11) is 0. The van der Waals surface area contributed by atoms with Crippen LogP contribution in [0.5, 0.6) is 5.75 Å². The molecule has 0 saturated carbocycles. The predicted molar refractivity (Wildman–Crippen MR) is 73.4 cm³/mol. The van der Waals surface area contributed by atoms with Gasteiger partial charge in [-0.05, 0) is 26.0 Å². The van der Waals surface area contributed by atoms with Crippen molar-refractivity contribution in [3.63, 3.8) is 0 Å². The SMILES string of the molecule is CCn1nc(C)c(Cl)c1COc1ccccc1Cl. The molecule has 1 aromatic carbocycles. The molecule has 5 heteroatoms. The van der Waals surface area contributed by atoms with Crippen LogP contribution in [0.4, 0.5) is 0 Å². The summed E-state index contributed by atoms with van der Waals surface area (Å²) < 4.78 is 7.52. The van der Waals surface area contributed by atoms with Crippen molar-refractivity contribution >= 4 is 23.2 Å². The van der Waals surface area contributed by atoms with E-state index in [4.69, 9.17) is 27.9 Å². The molecule has 0 bridgehead atoms. The van der Waals surface area contributed by atoms with Gasteiger partial charge in [-0.3, -0.25) is 4.68 Å². The van der Waals surface area contributed by atoms with Gasteiger partial charge in [0.15, 0.2) is 0 Å². The van der Waals surface area contributed by atoms with E-state index in [1.165, 1.54) is 0 Å². The lowest BCUT2D eigenvalue weighted by atomic mass is 10.3. The number of halogens is 2. The van der Waals surface area contributed by atoms with Crippen molar-refractivity contribution in [2.24, 2.45) is 0 Å². The third-order valence-electron chi connectivity index (χ3n) is 2.65. The molecule has 0 aliphatic carbocycles. The first-order valence-electron chi connectivity index (χ1n) is 5.72. The highest BCUT2D eigenvalue weighted by Crippen LogP contribution is 2.26. The monoisotopic (exact) mass is 284 g/mol. The maximum absolute atomic E-state index is 6.20. The third kappa shape index (κ3) is 2.62. The van der Waals surface area contributed by atoms with Crippen molar-refractivity contribution in [3.8, 4) is 5.75 Å². The lowest BCUT2D eigenvalue weighted by molar-refractivity contribution is 0.293. The summed E-state index contributed by atoms with van der Waals surface area (Å²) in [5, 5.41) is 5.58. The van der Waals surface area contributed by atoms with Crippen LogP contribution in [0, 0.1) is 6.92 Å². The van der Waals surface area contributed by atoms with Gasteiger partial charge in [-0.15, -0.1) is 0 Å². The van der Waals surface area contributed by atoms with Crippen LogP contribution >= 0.6 is 23.2 Å². The van der Waals surface area contributed by atoms with Gasteiger partial charge in [-0.2, -0.15) is 5.10 Å². The Bertz CT molecular complexity index is 552. The molecule has 18 heavy (non-hydrogen) atoms. The van der Waals surface area contributed by atoms with Crippen molar-refractivity contribution in [3.05, 3.63) is 45.7 Å². The van der Waals surface area contributed by atoms with E-state index in [0.717, 1.165) is 17.9 Å². The maximum Gasteiger partial charge on any atom is 0.138 e. The Morgan fingerprint density at radius 2 is 2.00 bits per heavy atom. The lowest BCUT2D eigenvalue weighted by Crippen LogP contribution is -2.06. The Morgan fingerprint density at radius 1 is 1.28 bits per heavy atom. The second-order valence-corrected chi connectivity index (χ2v) is 4.67. The molecule has 2 rings (SSSR count). The maximum atomic E-state index is 6.20. The van der Waals surface area contributed by atoms with Gasteiger partial charge in [-0.1, -0.05) is 35.3 Å². The molecule has 0 atom stereocenters. The molecule has 0 unspecified atom stereocenters. The minimum absolute atomic E-state index is 0.358. The molecule has 0 fully saturated rings. The molecule has 1 aromatic heterocycles. The van der Waals surface area contributed by atoms with E-state index in [1.54, 1.807) is 6.07 Å². The number of rotatable bonds is 4. The molecule has 0 saturated heterocycles. The second kappa shape index (κ2) is 5.63. The molecule has 2 aromatic rings. The van der Waals surface area contributed by atoms with E-state index in [-0.39, 0.29) is 0 Å². The van der Waals surface area contributed by atoms with Gasteiger partial charge in [0.1, 0.15) is 12.4 Å². The van der Waals surface area contributed by atoms with Gasteiger partial charge in [0.2, 0.25) is 0 Å². The summed E-state index contributed by atoms with van der Waals surface area (Å²) in [5.41, 5.74) is 1.69. The summed E-state index contributed by atoms with van der Waals surface area (Å²) in [5.74, 6) is 0.650. The van der Waals surface area contributed by atoms with Crippen molar-refractivity contribution < 1.29 is 4.74 Å². The highest BCUT2D eigenvalue weighted by Gasteiger charge is 2.13. The van der Waals surface area contributed by atoms with Crippen LogP contribution in [0.25, 0.3) is 0 Å². The number of hydrogen-bond donors (Lipinski definition) is 0. The molecule has 0 aliphatic heterocycles. The Morgan fingerprint density at radius 3 is 2.67 bits per heavy atom. The minimum atomic E-state index is 0.358. The van der Waals surface area contributed by atoms with Gasteiger partial charge >= 0.3 is 0 Å². The average molecular weight is 285 g/mol. The second-order valence-electron chi connectivity index (χ2n) is 3.88. The van der Waals surface area contributed by atoms with Gasteiger partial charge in [0.05, 0.1) is 21.4 Å². The fourth-order valence-corrected chi connectivity index (χ4v) is 2.09. The molecule has 96 valence electrons. The first-order chi connectivity index (χ1) is 8.63. The standard InChI is InChI=1S/C13H14Cl2N2O/c1-3-17-11(13(15)9(2)16-17)8-18-12-7-5-4-6-10(12)14/h4-7H,3,8H2,1-2H3. The van der Waals surface area contributed by atoms with E-state index in [2.05, 4.69) is 5.10 Å². The summed E-state index contributed by atoms with van der Waals surface area (Å²) in [6.45, 7) is 5.02. The fourth-order valence-electron chi connectivity index (χ4n) is 1.71. The lowest BCUT2D eigenvalue weighted by Gasteiger charge is -2.09. The van der Waals surface area contributed by atoms with E-state index >= 15 is 0 Å². The van der Waals surface area contributed by atoms with Gasteiger partial charge in [0.25, 0.3) is 0 Å². The molecule has 0 radical (unpaired) electrons. The van der Waals surface area contributed by atoms with Crippen LogP contribution in [-0.4, -0.2) is 9.78 Å². The Labute approximate surface area is 116 Å². The number of aryl methyl sites for hydroxylation is 2. The first kappa shape index (κ1) is 13.2. The Balaban J connectivity index is 2.18. The van der Waals surface area contributed by atoms with E-state index < -0.39 is 0 Å². The first-order valence-corrected chi connectivity index (χ1v) is 6.48. The van der Waals surface area contributed by atoms with Crippen molar-refractivity contribution in [2.75, 3.05) is 0 Å². The van der Waals surface area contributed by atoms with Crippen LogP contribution in [0.1, 0.15) is 18.3 Å². The highest BCUT2D eigenvalue weighted by molar-refractivity contribution is 6.32. The van der Waals surface area contributed by atoms with Crippen molar-refractivity contribution in [2.45, 2.75) is 27.0 Å². The number of benzene rings is 1. The number of nitrogens with zero attached hydrogens (tertiary/aromatic N) is 2. The summed E-state index contributed by atoms with van der Waals surface area (Å²) >= 11 is 12.2. The van der Waals surface area contributed by atoms with Gasteiger partial charge in [0, 0.05) is 6.54 Å². The molecule has 0 spiro atoms. The summed E-state index contributed by atoms with van der Waals surface area (Å²) in [4.78, 5) is 0. The van der Waals surface area contributed by atoms with E-state index in [0.29, 0.717) is 22.4 Å². The molecule has 3 nitrogen and oxygen atoms in total. The molecule has 1 heterocycles. The largest absolute Gasteiger partial charge is 0.486 e. The third-order valence-corrected chi connectivity index (χ3v) is 3.46. The Kier molecular flexibility index (Phi) is 4.15. The molecule has 0 aliphatic rings. The molecule has 0 amide bonds. The van der Waals surface area contributed by atoms with E-state index in [9.17, 15) is 0 Å². The zero-order chi connectivity index (χ0) is 13.1. The molecular weight excluding hydrogens is 271 g/mol. The highest BCUT2D eigenvalue weighted by atomic mass is 35.5. The fraction of sp³-hybridized carbons (Fsp3) is 0.308. The zero-order valence-electron chi connectivity index (χ0n) is 10.3. The average Bonchev–Trinajstić information content (AvgIpc) is 2.65. The zero-order valence-corrected chi connectivity index (χ0v) is 11.8. The van der Waals surface area contributed by atoms with Crippen LogP contribution in [0.2, 0.25) is 10.0 Å². The van der Waals surface area contributed by atoms with Crippen molar-refractivity contribution in [1.29, 1.82) is 0 Å². The molecular formula is C13H14Cl2N2O. The molecule has 0 N–H and O–H groups in total. The summed E-state index contributed by atoms with van der Waals surface area (Å²) in [6.07, 6.45) is 0. The number of para-hydroxylation sites is 1. The van der Waals surface area contributed by atoms with Crippen molar-refractivity contribution in [1.82, 2.24) is 9.78 Å². The Hall–Kier alpha value is -1.19. The topological polar surface area (TPSA) is 27.1 Å². The normalized spacial score (nSPS) is 10.7.